The van der Waals surface area contributed by atoms with Gasteiger partial charge in [0.25, 0.3) is 0 Å². The zero-order chi connectivity index (χ0) is 17.4. The molecule has 0 amide bonds. The van der Waals surface area contributed by atoms with Gasteiger partial charge >= 0.3 is 0 Å². The maximum absolute atomic E-state index is 13.0. The highest BCUT2D eigenvalue weighted by molar-refractivity contribution is 9.11. The van der Waals surface area contributed by atoms with Crippen molar-refractivity contribution in [3.05, 3.63) is 67.6 Å². The molecule has 122 valence electrons. The molecule has 0 saturated carbocycles. The number of phenols is 1. The Hall–Kier alpha value is -1.56. The summed E-state index contributed by atoms with van der Waals surface area (Å²) >= 11 is 12.7. The average Bonchev–Trinajstić information content (AvgIpc) is 2.57. The summed E-state index contributed by atoms with van der Waals surface area (Å²) in [6.07, 6.45) is 0. The summed E-state index contributed by atoms with van der Waals surface area (Å²) in [7, 11) is 1.55. The van der Waals surface area contributed by atoms with Crippen molar-refractivity contribution in [1.29, 1.82) is 0 Å². The van der Waals surface area contributed by atoms with Gasteiger partial charge in [0.15, 0.2) is 5.78 Å². The van der Waals surface area contributed by atoms with E-state index in [1.54, 1.807) is 43.5 Å². The van der Waals surface area contributed by atoms with Crippen molar-refractivity contribution in [2.24, 2.45) is 0 Å². The summed E-state index contributed by atoms with van der Waals surface area (Å²) in [4.78, 5) is 13.0. The van der Waals surface area contributed by atoms with Gasteiger partial charge in [-0.25, -0.2) is 0 Å². The van der Waals surface area contributed by atoms with Gasteiger partial charge in [0.05, 0.1) is 21.6 Å². The van der Waals surface area contributed by atoms with E-state index in [0.29, 0.717) is 30.7 Å². The number of methoxy groups -OCH3 is 1. The van der Waals surface area contributed by atoms with E-state index in [1.807, 2.05) is 6.07 Å². The molecule has 0 bridgehead atoms. The minimum absolute atomic E-state index is 0.114. The van der Waals surface area contributed by atoms with Crippen LogP contribution in [0.15, 0.2) is 51.4 Å². The number of ketones is 1. The van der Waals surface area contributed by atoms with Gasteiger partial charge in [-0.1, -0.05) is 17.7 Å². The van der Waals surface area contributed by atoms with Crippen molar-refractivity contribution in [1.82, 2.24) is 0 Å². The lowest BCUT2D eigenvalue weighted by atomic mass is 9.96. The molecule has 0 unspecified atom stereocenters. The molecule has 0 aliphatic carbocycles. The summed E-state index contributed by atoms with van der Waals surface area (Å²) in [6, 6.07) is 11.9. The van der Waals surface area contributed by atoms with E-state index >= 15 is 0 Å². The summed E-state index contributed by atoms with van der Waals surface area (Å²) in [5.41, 5.74) is 0.635. The smallest absolute Gasteiger partial charge is 0.197 e. The number of hydrogen-bond donors (Lipinski definition) is 1. The van der Waals surface area contributed by atoms with Crippen LogP contribution in [0, 0.1) is 0 Å². The number of carbonyl (C=O) groups excluding carboxylic acids is 1. The quantitative estimate of drug-likeness (QED) is 0.480. The van der Waals surface area contributed by atoms with Crippen LogP contribution in [0.25, 0.3) is 10.8 Å². The Morgan fingerprint density at radius 1 is 1.12 bits per heavy atom. The molecule has 0 heterocycles. The van der Waals surface area contributed by atoms with E-state index in [-0.39, 0.29) is 17.1 Å². The predicted octanol–water partition coefficient (Wildman–Crippen LogP) is 5.96. The highest BCUT2D eigenvalue weighted by Gasteiger charge is 2.22. The summed E-state index contributed by atoms with van der Waals surface area (Å²) in [5.74, 6) is 0.162. The number of carbonyl (C=O) groups is 1. The Bertz CT molecular complexity index is 953. The second-order valence-corrected chi connectivity index (χ2v) is 7.18. The van der Waals surface area contributed by atoms with Crippen molar-refractivity contribution < 1.29 is 14.6 Å². The molecule has 3 nitrogen and oxygen atoms in total. The van der Waals surface area contributed by atoms with Gasteiger partial charge in [-0.15, -0.1) is 0 Å². The van der Waals surface area contributed by atoms with Gasteiger partial charge in [-0.3, -0.25) is 4.79 Å². The zero-order valence-electron chi connectivity index (χ0n) is 12.4. The molecular formula is C18H11Br2ClO3. The molecule has 3 aromatic carbocycles. The third-order valence-corrected chi connectivity index (χ3v) is 5.33. The average molecular weight is 471 g/mol. The molecule has 24 heavy (non-hydrogen) atoms. The molecule has 0 fully saturated rings. The third kappa shape index (κ3) is 2.92. The van der Waals surface area contributed by atoms with Gasteiger partial charge in [0.1, 0.15) is 11.5 Å². The number of phenolic OH excluding ortho intramolecular Hbond substituents is 1. The minimum atomic E-state index is -0.301. The highest BCUT2D eigenvalue weighted by Crippen LogP contribution is 2.42. The first-order valence-electron chi connectivity index (χ1n) is 6.92. The summed E-state index contributed by atoms with van der Waals surface area (Å²) < 4.78 is 6.37. The lowest BCUT2D eigenvalue weighted by molar-refractivity contribution is 0.103. The molecule has 0 radical (unpaired) electrons. The van der Waals surface area contributed by atoms with Gasteiger partial charge in [0.2, 0.25) is 0 Å². The molecule has 0 saturated heterocycles. The second-order valence-electron chi connectivity index (χ2n) is 5.10. The Morgan fingerprint density at radius 2 is 1.79 bits per heavy atom. The van der Waals surface area contributed by atoms with Crippen LogP contribution in [0.1, 0.15) is 15.9 Å². The normalized spacial score (nSPS) is 10.8. The number of fused-ring (bicyclic) bond motifs is 1. The number of aromatic hydroxyl groups is 1. The van der Waals surface area contributed by atoms with E-state index < -0.39 is 0 Å². The fourth-order valence-corrected chi connectivity index (χ4v) is 3.81. The van der Waals surface area contributed by atoms with Crippen molar-refractivity contribution in [2.75, 3.05) is 7.11 Å². The molecule has 0 aliphatic rings. The number of ether oxygens (including phenoxy) is 1. The lowest BCUT2D eigenvalue weighted by Crippen LogP contribution is -2.04. The van der Waals surface area contributed by atoms with Gasteiger partial charge < -0.3 is 9.84 Å². The molecule has 0 aromatic heterocycles. The molecule has 3 aromatic rings. The van der Waals surface area contributed by atoms with E-state index in [4.69, 9.17) is 16.3 Å². The van der Waals surface area contributed by atoms with Crippen LogP contribution in [0.3, 0.4) is 0 Å². The summed E-state index contributed by atoms with van der Waals surface area (Å²) in [6.45, 7) is 0. The van der Waals surface area contributed by atoms with Crippen molar-refractivity contribution in [2.45, 2.75) is 0 Å². The third-order valence-electron chi connectivity index (χ3n) is 3.69. The Labute approximate surface area is 160 Å². The van der Waals surface area contributed by atoms with E-state index in [1.165, 1.54) is 0 Å². The molecule has 6 heteroatoms. The minimum Gasteiger partial charge on any atom is -0.506 e. The Kier molecular flexibility index (Phi) is 4.85. The molecule has 1 N–H and O–H groups in total. The van der Waals surface area contributed by atoms with Crippen molar-refractivity contribution in [3.8, 4) is 11.5 Å². The van der Waals surface area contributed by atoms with E-state index in [0.717, 1.165) is 5.39 Å². The largest absolute Gasteiger partial charge is 0.506 e. The van der Waals surface area contributed by atoms with Crippen LogP contribution in [-0.2, 0) is 0 Å². The van der Waals surface area contributed by atoms with Gasteiger partial charge in [-0.2, -0.15) is 0 Å². The predicted molar refractivity (Wildman–Crippen MR) is 102 cm³/mol. The van der Waals surface area contributed by atoms with Gasteiger partial charge in [-0.05, 0) is 73.6 Å². The Morgan fingerprint density at radius 3 is 2.42 bits per heavy atom. The standard InChI is InChI=1S/C18H11Br2ClO3/c1-24-13-7-4-10-8-12(19)18(23)15(14(10)16(13)20)17(22)9-2-5-11(21)6-3-9/h2-8,23H,1H3. The molecule has 3 rings (SSSR count). The maximum Gasteiger partial charge on any atom is 0.197 e. The van der Waals surface area contributed by atoms with Crippen LogP contribution < -0.4 is 4.74 Å². The van der Waals surface area contributed by atoms with Crippen LogP contribution in [0.2, 0.25) is 5.02 Å². The first-order chi connectivity index (χ1) is 11.4. The fraction of sp³-hybridized carbons (Fsp3) is 0.0556. The first-order valence-corrected chi connectivity index (χ1v) is 8.88. The molecular weight excluding hydrogens is 459 g/mol. The maximum atomic E-state index is 13.0. The molecule has 0 spiro atoms. The zero-order valence-corrected chi connectivity index (χ0v) is 16.4. The SMILES string of the molecule is COc1ccc2cc(Br)c(O)c(C(=O)c3ccc(Cl)cc3)c2c1Br. The monoisotopic (exact) mass is 468 g/mol. The van der Waals surface area contributed by atoms with Crippen LogP contribution >= 0.6 is 43.5 Å². The van der Waals surface area contributed by atoms with Crippen LogP contribution in [0.4, 0.5) is 0 Å². The number of rotatable bonds is 3. The van der Waals surface area contributed by atoms with Gasteiger partial charge in [0, 0.05) is 16.0 Å². The second kappa shape index (κ2) is 6.75. The van der Waals surface area contributed by atoms with Crippen LogP contribution in [0.5, 0.6) is 11.5 Å². The van der Waals surface area contributed by atoms with E-state index in [2.05, 4.69) is 31.9 Å². The molecule has 0 atom stereocenters. The first kappa shape index (κ1) is 17.3. The fourth-order valence-electron chi connectivity index (χ4n) is 2.51. The number of benzene rings is 3. The number of halogens is 3. The Balaban J connectivity index is 2.34. The van der Waals surface area contributed by atoms with Crippen molar-refractivity contribution >= 4 is 60.0 Å². The molecule has 0 aliphatic heterocycles. The highest BCUT2D eigenvalue weighted by atomic mass is 79.9. The topological polar surface area (TPSA) is 46.5 Å². The number of hydrogen-bond acceptors (Lipinski definition) is 3. The van der Waals surface area contributed by atoms with E-state index in [9.17, 15) is 9.90 Å². The lowest BCUT2D eigenvalue weighted by Gasteiger charge is -2.14. The van der Waals surface area contributed by atoms with Crippen molar-refractivity contribution in [3.63, 3.8) is 0 Å². The van der Waals surface area contributed by atoms with Crippen LogP contribution in [-0.4, -0.2) is 18.0 Å². The summed E-state index contributed by atoms with van der Waals surface area (Å²) in [5, 5.41) is 12.4.